The van der Waals surface area contributed by atoms with Gasteiger partial charge < -0.3 is 15.0 Å². The number of hydrogen-bond donors (Lipinski definition) is 2. The van der Waals surface area contributed by atoms with Crippen LogP contribution in [0.25, 0.3) is 11.5 Å². The first-order valence-corrected chi connectivity index (χ1v) is 6.50. The number of piperidine rings is 1. The number of aromatic nitrogens is 5. The predicted octanol–water partition coefficient (Wildman–Crippen LogP) is -0.339. The van der Waals surface area contributed by atoms with Gasteiger partial charge in [-0.15, -0.1) is 10.2 Å². The third-order valence-corrected chi connectivity index (χ3v) is 3.38. The Morgan fingerprint density at radius 1 is 1.48 bits per heavy atom. The summed E-state index contributed by atoms with van der Waals surface area (Å²) in [6.07, 6.45) is 2.68. The van der Waals surface area contributed by atoms with Gasteiger partial charge in [-0.25, -0.2) is 4.79 Å². The first-order valence-electron chi connectivity index (χ1n) is 6.50. The lowest BCUT2D eigenvalue weighted by molar-refractivity contribution is -0.147. The van der Waals surface area contributed by atoms with E-state index in [1.54, 1.807) is 6.20 Å². The molecule has 1 amide bonds. The van der Waals surface area contributed by atoms with Crippen molar-refractivity contribution >= 4 is 11.9 Å². The number of rotatable bonds is 3. The lowest BCUT2D eigenvalue weighted by Crippen LogP contribution is -2.49. The summed E-state index contributed by atoms with van der Waals surface area (Å²) < 4.78 is 4.62. The van der Waals surface area contributed by atoms with Gasteiger partial charge in [0.2, 0.25) is 11.7 Å². The van der Waals surface area contributed by atoms with Crippen LogP contribution in [0.5, 0.6) is 0 Å². The van der Waals surface area contributed by atoms with Gasteiger partial charge in [-0.1, -0.05) is 0 Å². The van der Waals surface area contributed by atoms with E-state index < -0.39 is 18.1 Å². The van der Waals surface area contributed by atoms with Gasteiger partial charge in [0.05, 0.1) is 12.8 Å². The van der Waals surface area contributed by atoms with Crippen LogP contribution in [0.1, 0.15) is 18.9 Å². The second kappa shape index (κ2) is 5.35. The van der Waals surface area contributed by atoms with Crippen LogP contribution in [-0.2, 0) is 14.3 Å². The molecule has 0 radical (unpaired) electrons. The van der Waals surface area contributed by atoms with Crippen LogP contribution >= 0.6 is 0 Å². The smallest absolute Gasteiger partial charge is 0.328 e. The minimum Gasteiger partial charge on any atom is -0.467 e. The molecule has 0 aromatic carbocycles. The number of nitrogens with zero attached hydrogens (tertiary/aromatic N) is 4. The Hall–Kier alpha value is -2.71. The molecule has 2 aromatic rings. The zero-order valence-corrected chi connectivity index (χ0v) is 11.3. The van der Waals surface area contributed by atoms with E-state index in [0.717, 1.165) is 5.69 Å². The number of esters is 1. The fraction of sp³-hybridized carbons (Fsp3) is 0.417. The van der Waals surface area contributed by atoms with Crippen molar-refractivity contribution in [1.29, 1.82) is 0 Å². The lowest BCUT2D eigenvalue weighted by atomic mass is 10.0. The van der Waals surface area contributed by atoms with Crippen LogP contribution in [-0.4, -0.2) is 50.2 Å². The normalized spacial score (nSPS) is 21.9. The maximum atomic E-state index is 12.1. The molecule has 0 bridgehead atoms. The number of hydrogen-bond acceptors (Lipinski definition) is 6. The summed E-state index contributed by atoms with van der Waals surface area (Å²) in [5, 5.41) is 14.6. The summed E-state index contributed by atoms with van der Waals surface area (Å²) in [5.41, 5.74) is 0.727. The largest absolute Gasteiger partial charge is 0.467 e. The van der Waals surface area contributed by atoms with Crippen LogP contribution < -0.4 is 5.32 Å². The van der Waals surface area contributed by atoms with Crippen molar-refractivity contribution < 1.29 is 14.3 Å². The van der Waals surface area contributed by atoms with Crippen molar-refractivity contribution in [3.05, 3.63) is 18.3 Å². The van der Waals surface area contributed by atoms with Gasteiger partial charge in [0.25, 0.3) is 0 Å². The average Bonchev–Trinajstić information content (AvgIpc) is 3.16. The number of H-pyrrole nitrogens is 1. The van der Waals surface area contributed by atoms with E-state index in [4.69, 9.17) is 0 Å². The van der Waals surface area contributed by atoms with E-state index in [9.17, 15) is 9.59 Å². The SMILES string of the molecule is COC(=O)C1CCC(n2nnc(-c3ccc[nH]3)n2)C(=O)N1. The molecule has 2 unspecified atom stereocenters. The first-order chi connectivity index (χ1) is 10.2. The molecule has 1 aliphatic heterocycles. The molecule has 0 saturated carbocycles. The summed E-state index contributed by atoms with van der Waals surface area (Å²) in [6, 6.07) is 2.46. The topological polar surface area (TPSA) is 115 Å². The van der Waals surface area contributed by atoms with E-state index in [1.165, 1.54) is 11.9 Å². The molecule has 3 heterocycles. The fourth-order valence-electron chi connectivity index (χ4n) is 2.27. The van der Waals surface area contributed by atoms with Crippen LogP contribution in [0.2, 0.25) is 0 Å². The number of carbonyl (C=O) groups is 2. The lowest BCUT2D eigenvalue weighted by Gasteiger charge is -2.26. The third-order valence-electron chi connectivity index (χ3n) is 3.38. The quantitative estimate of drug-likeness (QED) is 0.747. The molecule has 2 atom stereocenters. The van der Waals surface area contributed by atoms with E-state index in [2.05, 4.69) is 30.4 Å². The maximum absolute atomic E-state index is 12.1. The summed E-state index contributed by atoms with van der Waals surface area (Å²) >= 11 is 0. The molecule has 0 spiro atoms. The minimum absolute atomic E-state index is 0.313. The van der Waals surface area contributed by atoms with E-state index in [-0.39, 0.29) is 5.91 Å². The van der Waals surface area contributed by atoms with Gasteiger partial charge in [0, 0.05) is 6.20 Å². The van der Waals surface area contributed by atoms with Gasteiger partial charge in [-0.05, 0) is 30.2 Å². The molecule has 1 fully saturated rings. The highest BCUT2D eigenvalue weighted by atomic mass is 16.5. The van der Waals surface area contributed by atoms with Crippen LogP contribution in [0.3, 0.4) is 0 Å². The van der Waals surface area contributed by atoms with Crippen LogP contribution in [0.4, 0.5) is 0 Å². The number of methoxy groups -OCH3 is 1. The molecular weight excluding hydrogens is 276 g/mol. The van der Waals surface area contributed by atoms with Crippen LogP contribution in [0.15, 0.2) is 18.3 Å². The first kappa shape index (κ1) is 13.3. The highest BCUT2D eigenvalue weighted by Gasteiger charge is 2.34. The van der Waals surface area contributed by atoms with Crippen molar-refractivity contribution in [2.75, 3.05) is 7.11 Å². The Labute approximate surface area is 119 Å². The number of ether oxygens (including phenoxy) is 1. The summed E-state index contributed by atoms with van der Waals surface area (Å²) in [4.78, 5) is 27.7. The van der Waals surface area contributed by atoms with Crippen molar-refractivity contribution in [3.8, 4) is 11.5 Å². The van der Waals surface area contributed by atoms with Crippen molar-refractivity contribution in [3.63, 3.8) is 0 Å². The number of carbonyl (C=O) groups excluding carboxylic acids is 2. The number of amides is 1. The molecule has 9 heteroatoms. The number of nitrogens with one attached hydrogen (secondary N) is 2. The summed E-state index contributed by atoms with van der Waals surface area (Å²) in [7, 11) is 1.29. The molecule has 1 saturated heterocycles. The number of tetrazole rings is 1. The van der Waals surface area contributed by atoms with Crippen molar-refractivity contribution in [2.45, 2.75) is 24.9 Å². The zero-order valence-electron chi connectivity index (χ0n) is 11.3. The Kier molecular flexibility index (Phi) is 3.38. The molecule has 1 aliphatic rings. The summed E-state index contributed by atoms with van der Waals surface area (Å²) in [5.74, 6) is -0.338. The second-order valence-electron chi connectivity index (χ2n) is 4.69. The molecule has 3 rings (SSSR count). The molecule has 9 nitrogen and oxygen atoms in total. The fourth-order valence-corrected chi connectivity index (χ4v) is 2.27. The highest BCUT2D eigenvalue weighted by Crippen LogP contribution is 2.20. The Bertz CT molecular complexity index is 650. The van der Waals surface area contributed by atoms with E-state index >= 15 is 0 Å². The molecule has 2 N–H and O–H groups in total. The zero-order chi connectivity index (χ0) is 14.8. The Balaban J connectivity index is 1.74. The monoisotopic (exact) mass is 290 g/mol. The van der Waals surface area contributed by atoms with E-state index in [0.29, 0.717) is 18.7 Å². The molecule has 2 aromatic heterocycles. The van der Waals surface area contributed by atoms with Crippen molar-refractivity contribution in [2.24, 2.45) is 0 Å². The van der Waals surface area contributed by atoms with Crippen LogP contribution in [0, 0.1) is 0 Å². The standard InChI is InChI=1S/C12H14N6O3/c1-21-12(20)8-4-5-9(11(19)14-8)18-16-10(15-17-18)7-3-2-6-13-7/h2-3,6,8-9,13H,4-5H2,1H3,(H,14,19). The maximum Gasteiger partial charge on any atom is 0.328 e. The predicted molar refractivity (Wildman–Crippen MR) is 69.8 cm³/mol. The minimum atomic E-state index is -0.606. The average molecular weight is 290 g/mol. The van der Waals surface area contributed by atoms with Gasteiger partial charge in [-0.3, -0.25) is 4.79 Å². The highest BCUT2D eigenvalue weighted by molar-refractivity contribution is 5.87. The van der Waals surface area contributed by atoms with Gasteiger partial charge >= 0.3 is 5.97 Å². The third kappa shape index (κ3) is 2.49. The number of aromatic amines is 1. The van der Waals surface area contributed by atoms with Gasteiger partial charge in [0.1, 0.15) is 6.04 Å². The molecule has 0 aliphatic carbocycles. The van der Waals surface area contributed by atoms with Gasteiger partial charge in [-0.2, -0.15) is 4.80 Å². The molecular formula is C12H14N6O3. The van der Waals surface area contributed by atoms with Crippen molar-refractivity contribution in [1.82, 2.24) is 30.5 Å². The molecule has 21 heavy (non-hydrogen) atoms. The van der Waals surface area contributed by atoms with Gasteiger partial charge in [0.15, 0.2) is 6.04 Å². The van der Waals surface area contributed by atoms with E-state index in [1.807, 2.05) is 12.1 Å². The Morgan fingerprint density at radius 2 is 2.33 bits per heavy atom. The molecule has 110 valence electrons. The summed E-state index contributed by atoms with van der Waals surface area (Å²) in [6.45, 7) is 0. The second-order valence-corrected chi connectivity index (χ2v) is 4.69. The Morgan fingerprint density at radius 3 is 3.00 bits per heavy atom.